The van der Waals surface area contributed by atoms with Gasteiger partial charge in [0.2, 0.25) is 0 Å². The number of ether oxygens (including phenoxy) is 1. The molecule has 0 aliphatic rings. The lowest BCUT2D eigenvalue weighted by atomic mass is 10.2. The predicted octanol–water partition coefficient (Wildman–Crippen LogP) is 1.14. The first-order chi connectivity index (χ1) is 8.40. The zero-order valence-corrected chi connectivity index (χ0v) is 11.3. The highest BCUT2D eigenvalue weighted by molar-refractivity contribution is 7.90. The van der Waals surface area contributed by atoms with Gasteiger partial charge in [-0.3, -0.25) is 4.72 Å². The topological polar surface area (TPSA) is 93.4 Å². The van der Waals surface area contributed by atoms with Gasteiger partial charge in [0.05, 0.1) is 12.3 Å². The summed E-state index contributed by atoms with van der Waals surface area (Å²) in [6.45, 7) is 5.17. The predicted molar refractivity (Wildman–Crippen MR) is 72.7 cm³/mol. The van der Waals surface area contributed by atoms with E-state index in [0.29, 0.717) is 18.9 Å². The van der Waals surface area contributed by atoms with Gasteiger partial charge in [0, 0.05) is 18.3 Å². The summed E-state index contributed by atoms with van der Waals surface area (Å²) in [5.41, 5.74) is 1.22. The van der Waals surface area contributed by atoms with Gasteiger partial charge in [-0.05, 0) is 32.0 Å². The standard InChI is InChI=1S/C11H19N3O3S/c1-3-17-8-9(2)13-10-5-4-6-11(7-10)14-18(12,15)16/h4-7,9,13-14H,3,8H2,1-2H3,(H2,12,15,16). The molecule has 0 fully saturated rings. The van der Waals surface area contributed by atoms with Gasteiger partial charge in [0.15, 0.2) is 0 Å². The van der Waals surface area contributed by atoms with Crippen LogP contribution in [0.25, 0.3) is 0 Å². The third-order valence-corrected chi connectivity index (χ3v) is 2.63. The Kier molecular flexibility index (Phi) is 5.39. The van der Waals surface area contributed by atoms with E-state index in [2.05, 4.69) is 10.0 Å². The van der Waals surface area contributed by atoms with Crippen molar-refractivity contribution in [1.29, 1.82) is 0 Å². The van der Waals surface area contributed by atoms with Gasteiger partial charge < -0.3 is 10.1 Å². The second-order valence-corrected chi connectivity index (χ2v) is 5.23. The van der Waals surface area contributed by atoms with Gasteiger partial charge in [-0.1, -0.05) is 6.07 Å². The van der Waals surface area contributed by atoms with E-state index in [1.807, 2.05) is 19.9 Å². The second kappa shape index (κ2) is 6.58. The Morgan fingerprint density at radius 1 is 1.39 bits per heavy atom. The SMILES string of the molecule is CCOCC(C)Nc1cccc(NS(N)(=O)=O)c1. The van der Waals surface area contributed by atoms with Crippen molar-refractivity contribution in [3.05, 3.63) is 24.3 Å². The second-order valence-electron chi connectivity index (χ2n) is 3.93. The minimum absolute atomic E-state index is 0.134. The fraction of sp³-hybridized carbons (Fsp3) is 0.455. The van der Waals surface area contributed by atoms with Crippen LogP contribution in [0.2, 0.25) is 0 Å². The van der Waals surface area contributed by atoms with Crippen molar-refractivity contribution >= 4 is 21.6 Å². The van der Waals surface area contributed by atoms with Crippen molar-refractivity contribution < 1.29 is 13.2 Å². The van der Waals surface area contributed by atoms with Crippen LogP contribution in [-0.4, -0.2) is 27.7 Å². The summed E-state index contributed by atoms with van der Waals surface area (Å²) in [7, 11) is -3.74. The van der Waals surface area contributed by atoms with Crippen LogP contribution in [-0.2, 0) is 14.9 Å². The lowest BCUT2D eigenvalue weighted by Crippen LogP contribution is -2.23. The first kappa shape index (κ1) is 14.7. The summed E-state index contributed by atoms with van der Waals surface area (Å²) in [5.74, 6) is 0. The monoisotopic (exact) mass is 273 g/mol. The highest BCUT2D eigenvalue weighted by Gasteiger charge is 2.05. The summed E-state index contributed by atoms with van der Waals surface area (Å²) in [6, 6.07) is 7.02. The first-order valence-corrected chi connectivity index (χ1v) is 7.20. The van der Waals surface area contributed by atoms with Crippen LogP contribution < -0.4 is 15.2 Å². The van der Waals surface area contributed by atoms with Crippen LogP contribution in [0.1, 0.15) is 13.8 Å². The molecule has 0 aliphatic heterocycles. The Balaban J connectivity index is 2.64. The van der Waals surface area contributed by atoms with Gasteiger partial charge in [0.1, 0.15) is 0 Å². The molecular weight excluding hydrogens is 254 g/mol. The van der Waals surface area contributed by atoms with E-state index in [1.165, 1.54) is 0 Å². The van der Waals surface area contributed by atoms with Crippen LogP contribution in [0, 0.1) is 0 Å². The molecule has 4 N–H and O–H groups in total. The van der Waals surface area contributed by atoms with E-state index >= 15 is 0 Å². The molecule has 102 valence electrons. The zero-order chi connectivity index (χ0) is 13.6. The Morgan fingerprint density at radius 2 is 2.06 bits per heavy atom. The van der Waals surface area contributed by atoms with E-state index in [9.17, 15) is 8.42 Å². The maximum Gasteiger partial charge on any atom is 0.296 e. The fourth-order valence-corrected chi connectivity index (χ4v) is 1.91. The molecule has 1 aromatic carbocycles. The van der Waals surface area contributed by atoms with E-state index in [4.69, 9.17) is 9.88 Å². The van der Waals surface area contributed by atoms with Gasteiger partial charge in [-0.25, -0.2) is 5.14 Å². The highest BCUT2D eigenvalue weighted by Crippen LogP contribution is 2.16. The van der Waals surface area contributed by atoms with Gasteiger partial charge >= 0.3 is 0 Å². The molecule has 1 atom stereocenters. The largest absolute Gasteiger partial charge is 0.380 e. The molecule has 0 aromatic heterocycles. The number of rotatable bonds is 7. The smallest absolute Gasteiger partial charge is 0.296 e. The minimum atomic E-state index is -3.74. The molecule has 0 aliphatic carbocycles. The molecule has 0 heterocycles. The molecule has 0 saturated carbocycles. The third kappa shape index (κ3) is 5.85. The van der Waals surface area contributed by atoms with Crippen molar-refractivity contribution in [2.45, 2.75) is 19.9 Å². The summed E-state index contributed by atoms with van der Waals surface area (Å²) in [5, 5.41) is 8.11. The van der Waals surface area contributed by atoms with E-state index < -0.39 is 10.2 Å². The molecule has 18 heavy (non-hydrogen) atoms. The number of nitrogens with one attached hydrogen (secondary N) is 2. The molecule has 0 spiro atoms. The zero-order valence-electron chi connectivity index (χ0n) is 10.5. The molecule has 6 nitrogen and oxygen atoms in total. The quantitative estimate of drug-likeness (QED) is 0.694. The molecule has 0 bridgehead atoms. The van der Waals surface area contributed by atoms with E-state index in [0.717, 1.165) is 5.69 Å². The maximum atomic E-state index is 10.9. The molecule has 7 heteroatoms. The Bertz CT molecular complexity index is 476. The fourth-order valence-electron chi connectivity index (χ4n) is 1.46. The van der Waals surface area contributed by atoms with Crippen LogP contribution in [0.5, 0.6) is 0 Å². The highest BCUT2D eigenvalue weighted by atomic mass is 32.2. The molecular formula is C11H19N3O3S. The first-order valence-electron chi connectivity index (χ1n) is 5.65. The number of benzene rings is 1. The number of nitrogens with two attached hydrogens (primary N) is 1. The Hall–Kier alpha value is -1.31. The maximum absolute atomic E-state index is 10.9. The summed E-state index contributed by atoms with van der Waals surface area (Å²) >= 11 is 0. The van der Waals surface area contributed by atoms with Gasteiger partial charge in [0.25, 0.3) is 10.2 Å². The van der Waals surface area contributed by atoms with Crippen molar-refractivity contribution in [3.8, 4) is 0 Å². The summed E-state index contributed by atoms with van der Waals surface area (Å²) < 4.78 is 29.3. The molecule has 1 aromatic rings. The van der Waals surface area contributed by atoms with Gasteiger partial charge in [-0.15, -0.1) is 0 Å². The van der Waals surface area contributed by atoms with Crippen LogP contribution >= 0.6 is 0 Å². The van der Waals surface area contributed by atoms with Crippen LogP contribution in [0.4, 0.5) is 11.4 Å². The normalized spacial score (nSPS) is 13.1. The van der Waals surface area contributed by atoms with Crippen LogP contribution in [0.15, 0.2) is 24.3 Å². The molecule has 0 saturated heterocycles. The van der Waals surface area contributed by atoms with E-state index in [1.54, 1.807) is 18.2 Å². The number of hydrogen-bond acceptors (Lipinski definition) is 4. The van der Waals surface area contributed by atoms with Crippen molar-refractivity contribution in [1.82, 2.24) is 0 Å². The van der Waals surface area contributed by atoms with E-state index in [-0.39, 0.29) is 6.04 Å². The summed E-state index contributed by atoms with van der Waals surface area (Å²) in [4.78, 5) is 0. The lowest BCUT2D eigenvalue weighted by molar-refractivity contribution is 0.141. The third-order valence-electron chi connectivity index (χ3n) is 2.11. The van der Waals surface area contributed by atoms with Crippen LogP contribution in [0.3, 0.4) is 0 Å². The lowest BCUT2D eigenvalue weighted by Gasteiger charge is -2.15. The van der Waals surface area contributed by atoms with Crippen molar-refractivity contribution in [3.63, 3.8) is 0 Å². The molecule has 0 amide bonds. The Labute approximate surface area is 108 Å². The molecule has 1 rings (SSSR count). The van der Waals surface area contributed by atoms with Crippen molar-refractivity contribution in [2.24, 2.45) is 5.14 Å². The van der Waals surface area contributed by atoms with Crippen molar-refractivity contribution in [2.75, 3.05) is 23.3 Å². The summed E-state index contributed by atoms with van der Waals surface area (Å²) in [6.07, 6.45) is 0. The number of anilines is 2. The molecule has 1 unspecified atom stereocenters. The number of hydrogen-bond donors (Lipinski definition) is 3. The molecule has 0 radical (unpaired) electrons. The minimum Gasteiger partial charge on any atom is -0.380 e. The average molecular weight is 273 g/mol. The Morgan fingerprint density at radius 3 is 2.67 bits per heavy atom. The average Bonchev–Trinajstić information content (AvgIpc) is 2.24. The van der Waals surface area contributed by atoms with Gasteiger partial charge in [-0.2, -0.15) is 8.42 Å².